The fourth-order valence-corrected chi connectivity index (χ4v) is 3.90. The van der Waals surface area contributed by atoms with Gasteiger partial charge >= 0.3 is 0 Å². The average Bonchev–Trinajstić information content (AvgIpc) is 3.24. The van der Waals surface area contributed by atoms with Crippen molar-refractivity contribution >= 4 is 16.5 Å². The first-order valence-electron chi connectivity index (χ1n) is 9.87. The number of aromatic amines is 1. The second-order valence-corrected chi connectivity index (χ2v) is 7.27. The molecule has 1 aliphatic rings. The third kappa shape index (κ3) is 3.31. The number of hydrogen-bond donors (Lipinski definition) is 1. The van der Waals surface area contributed by atoms with Gasteiger partial charge in [-0.1, -0.05) is 36.4 Å². The minimum absolute atomic E-state index is 0.835. The minimum atomic E-state index is 0.835. The third-order valence-corrected chi connectivity index (χ3v) is 5.35. The largest absolute Gasteiger partial charge is 0.457 e. The Hall–Kier alpha value is -3.33. The van der Waals surface area contributed by atoms with Gasteiger partial charge in [0.15, 0.2) is 0 Å². The van der Waals surface area contributed by atoms with Crippen LogP contribution in [-0.4, -0.2) is 10.2 Å². The number of allylic oxidation sites excluding steroid dienone is 2. The number of para-hydroxylation sites is 1. The predicted octanol–water partition coefficient (Wildman–Crippen LogP) is 6.98. The number of benzene rings is 3. The first-order valence-corrected chi connectivity index (χ1v) is 9.87. The van der Waals surface area contributed by atoms with Gasteiger partial charge in [0, 0.05) is 10.9 Å². The molecule has 0 aliphatic heterocycles. The molecule has 4 aromatic rings. The van der Waals surface area contributed by atoms with Crippen molar-refractivity contribution in [3.05, 3.63) is 84.6 Å². The standard InChI is InChI=1S/C25H22N2O/c1-3-7-18(8-4-1)20-15-21-17-26-27-25(21)24(16-20)19-11-13-23(14-12-19)28-22-9-5-2-6-10-22/h2,5-7,9-17H,1,3-4,8H2,(H,26,27). The van der Waals surface area contributed by atoms with Gasteiger partial charge in [0.25, 0.3) is 0 Å². The molecule has 3 nitrogen and oxygen atoms in total. The molecule has 0 atom stereocenters. The van der Waals surface area contributed by atoms with E-state index in [9.17, 15) is 0 Å². The first kappa shape index (κ1) is 16.8. The van der Waals surface area contributed by atoms with Crippen molar-refractivity contribution < 1.29 is 4.74 Å². The van der Waals surface area contributed by atoms with Crippen LogP contribution in [0.1, 0.15) is 31.2 Å². The molecular weight excluding hydrogens is 344 g/mol. The van der Waals surface area contributed by atoms with Crippen molar-refractivity contribution in [1.29, 1.82) is 0 Å². The van der Waals surface area contributed by atoms with E-state index in [2.05, 4.69) is 40.5 Å². The molecule has 1 aromatic heterocycles. The number of nitrogens with zero attached hydrogens (tertiary/aromatic N) is 1. The first-order chi connectivity index (χ1) is 13.9. The number of rotatable bonds is 4. The molecule has 1 N–H and O–H groups in total. The molecule has 1 heterocycles. The smallest absolute Gasteiger partial charge is 0.127 e. The van der Waals surface area contributed by atoms with Crippen molar-refractivity contribution in [3.8, 4) is 22.6 Å². The molecule has 0 unspecified atom stereocenters. The highest BCUT2D eigenvalue weighted by Gasteiger charge is 2.13. The molecule has 0 saturated heterocycles. The Bertz CT molecular complexity index is 1120. The Morgan fingerprint density at radius 2 is 1.64 bits per heavy atom. The summed E-state index contributed by atoms with van der Waals surface area (Å²) >= 11 is 0. The zero-order valence-electron chi connectivity index (χ0n) is 15.7. The second kappa shape index (κ2) is 7.35. The van der Waals surface area contributed by atoms with E-state index in [1.165, 1.54) is 36.0 Å². The SMILES string of the molecule is C1=C(c2cc(-c3ccc(Oc4ccccc4)cc3)c3[nH]ncc3c2)CCCC1. The van der Waals surface area contributed by atoms with Crippen LogP contribution in [0.15, 0.2) is 79.0 Å². The monoisotopic (exact) mass is 366 g/mol. The highest BCUT2D eigenvalue weighted by Crippen LogP contribution is 2.35. The molecular formula is C25H22N2O. The lowest BCUT2D eigenvalue weighted by Gasteiger charge is -2.15. The van der Waals surface area contributed by atoms with Gasteiger partial charge in [-0.25, -0.2) is 0 Å². The maximum Gasteiger partial charge on any atom is 0.127 e. The summed E-state index contributed by atoms with van der Waals surface area (Å²) in [6.45, 7) is 0. The van der Waals surface area contributed by atoms with Crippen molar-refractivity contribution in [3.63, 3.8) is 0 Å². The fraction of sp³-hybridized carbons (Fsp3) is 0.160. The van der Waals surface area contributed by atoms with Crippen molar-refractivity contribution in [1.82, 2.24) is 10.2 Å². The molecule has 0 spiro atoms. The molecule has 138 valence electrons. The van der Waals surface area contributed by atoms with Gasteiger partial charge < -0.3 is 4.74 Å². The van der Waals surface area contributed by atoms with Crippen LogP contribution in [0, 0.1) is 0 Å². The summed E-state index contributed by atoms with van der Waals surface area (Å²) in [7, 11) is 0. The van der Waals surface area contributed by atoms with Gasteiger partial charge in [0.05, 0.1) is 11.7 Å². The van der Waals surface area contributed by atoms with Crippen molar-refractivity contribution in [2.45, 2.75) is 25.7 Å². The Balaban J connectivity index is 1.51. The van der Waals surface area contributed by atoms with Gasteiger partial charge in [-0.15, -0.1) is 0 Å². The summed E-state index contributed by atoms with van der Waals surface area (Å²) in [5.41, 5.74) is 6.19. The van der Waals surface area contributed by atoms with Gasteiger partial charge in [0.2, 0.25) is 0 Å². The Labute approximate surface area is 164 Å². The molecule has 0 fully saturated rings. The van der Waals surface area contributed by atoms with Crippen molar-refractivity contribution in [2.75, 3.05) is 0 Å². The molecule has 3 aromatic carbocycles. The summed E-state index contributed by atoms with van der Waals surface area (Å²) in [5.74, 6) is 1.68. The number of fused-ring (bicyclic) bond motifs is 1. The predicted molar refractivity (Wildman–Crippen MR) is 114 cm³/mol. The topological polar surface area (TPSA) is 37.9 Å². The van der Waals surface area contributed by atoms with Crippen LogP contribution in [0.2, 0.25) is 0 Å². The van der Waals surface area contributed by atoms with E-state index in [1.54, 1.807) is 0 Å². The number of hydrogen-bond acceptors (Lipinski definition) is 2. The van der Waals surface area contributed by atoms with Gasteiger partial charge in [-0.3, -0.25) is 5.10 Å². The van der Waals surface area contributed by atoms with E-state index in [-0.39, 0.29) is 0 Å². The summed E-state index contributed by atoms with van der Waals surface area (Å²) < 4.78 is 5.93. The molecule has 28 heavy (non-hydrogen) atoms. The maximum absolute atomic E-state index is 5.93. The van der Waals surface area contributed by atoms with E-state index in [0.29, 0.717) is 0 Å². The van der Waals surface area contributed by atoms with Crippen LogP contribution >= 0.6 is 0 Å². The summed E-state index contributed by atoms with van der Waals surface area (Å²) in [6.07, 6.45) is 9.22. The molecule has 0 radical (unpaired) electrons. The van der Waals surface area contributed by atoms with E-state index >= 15 is 0 Å². The number of nitrogens with one attached hydrogen (secondary N) is 1. The highest BCUT2D eigenvalue weighted by molar-refractivity contribution is 5.96. The van der Waals surface area contributed by atoms with Crippen LogP contribution in [0.3, 0.4) is 0 Å². The van der Waals surface area contributed by atoms with E-state index in [1.807, 2.05) is 48.7 Å². The zero-order valence-corrected chi connectivity index (χ0v) is 15.7. The minimum Gasteiger partial charge on any atom is -0.457 e. The zero-order chi connectivity index (χ0) is 18.8. The molecule has 1 aliphatic carbocycles. The summed E-state index contributed by atoms with van der Waals surface area (Å²) in [4.78, 5) is 0. The second-order valence-electron chi connectivity index (χ2n) is 7.27. The lowest BCUT2D eigenvalue weighted by Crippen LogP contribution is -1.93. The highest BCUT2D eigenvalue weighted by atomic mass is 16.5. The number of aromatic nitrogens is 2. The van der Waals surface area contributed by atoms with Crippen molar-refractivity contribution in [2.24, 2.45) is 0 Å². The fourth-order valence-electron chi connectivity index (χ4n) is 3.90. The lowest BCUT2D eigenvalue weighted by molar-refractivity contribution is 0.483. The molecule has 0 saturated carbocycles. The quantitative estimate of drug-likeness (QED) is 0.423. The Morgan fingerprint density at radius 1 is 0.821 bits per heavy atom. The van der Waals surface area contributed by atoms with E-state index in [0.717, 1.165) is 34.4 Å². The molecule has 3 heteroatoms. The molecule has 5 rings (SSSR count). The van der Waals surface area contributed by atoms with E-state index < -0.39 is 0 Å². The van der Waals surface area contributed by atoms with Crippen LogP contribution in [0.4, 0.5) is 0 Å². The normalized spacial score (nSPS) is 14.1. The number of ether oxygens (including phenoxy) is 1. The van der Waals surface area contributed by atoms with Gasteiger partial charge in [0.1, 0.15) is 11.5 Å². The van der Waals surface area contributed by atoms with Gasteiger partial charge in [-0.2, -0.15) is 5.10 Å². The van der Waals surface area contributed by atoms with Crippen LogP contribution in [0.25, 0.3) is 27.6 Å². The van der Waals surface area contributed by atoms with Crippen LogP contribution in [-0.2, 0) is 0 Å². The van der Waals surface area contributed by atoms with Crippen LogP contribution < -0.4 is 4.74 Å². The Kier molecular flexibility index (Phi) is 4.42. The van der Waals surface area contributed by atoms with Gasteiger partial charge in [-0.05, 0) is 78.8 Å². The number of H-pyrrole nitrogens is 1. The Morgan fingerprint density at radius 3 is 2.43 bits per heavy atom. The molecule has 0 bridgehead atoms. The van der Waals surface area contributed by atoms with Crippen LogP contribution in [0.5, 0.6) is 11.5 Å². The average molecular weight is 366 g/mol. The third-order valence-electron chi connectivity index (χ3n) is 5.35. The van der Waals surface area contributed by atoms with E-state index in [4.69, 9.17) is 4.74 Å². The summed E-state index contributed by atoms with van der Waals surface area (Å²) in [5, 5.41) is 8.60. The molecule has 0 amide bonds. The maximum atomic E-state index is 5.93. The summed E-state index contributed by atoms with van der Waals surface area (Å²) in [6, 6.07) is 22.7. The lowest BCUT2D eigenvalue weighted by atomic mass is 9.90.